The fourth-order valence-electron chi connectivity index (χ4n) is 1.71. The zero-order valence-electron chi connectivity index (χ0n) is 14.2. The topological polar surface area (TPSA) is 75.6 Å². The van der Waals surface area contributed by atoms with E-state index < -0.39 is 34.7 Å². The molecule has 2 N–H and O–H groups in total. The molecule has 0 aliphatic heterocycles. The molecule has 1 amide bonds. The van der Waals surface area contributed by atoms with Gasteiger partial charge >= 0.3 is 18.2 Å². The summed E-state index contributed by atoms with van der Waals surface area (Å²) in [7, 11) is 0. The highest BCUT2D eigenvalue weighted by atomic mass is 32.2. The zero-order chi connectivity index (χ0) is 19.4. The quantitative estimate of drug-likeness (QED) is 0.772. The summed E-state index contributed by atoms with van der Waals surface area (Å²) in [5.41, 5.74) is -1.32. The van der Waals surface area contributed by atoms with Crippen LogP contribution in [0.2, 0.25) is 0 Å². The molecule has 0 aliphatic carbocycles. The molecule has 0 fully saturated rings. The van der Waals surface area contributed by atoms with Crippen LogP contribution in [-0.2, 0) is 21.5 Å². The first-order chi connectivity index (χ1) is 11.3. The van der Waals surface area contributed by atoms with Crippen LogP contribution in [0.4, 0.5) is 23.7 Å². The lowest BCUT2D eigenvalue weighted by molar-refractivity contribution is -0.138. The molecule has 1 rings (SSSR count). The number of ether oxygens (including phenoxy) is 1. The smallest absolute Gasteiger partial charge is 0.416 e. The molecule has 0 radical (unpaired) electrons. The second-order valence-corrected chi connectivity index (χ2v) is 7.62. The molecule has 0 aliphatic rings. The summed E-state index contributed by atoms with van der Waals surface area (Å²) in [6, 6.07) is 2.88. The number of aliphatic carboxylic acids is 1. The van der Waals surface area contributed by atoms with Crippen LogP contribution in [0, 0.1) is 0 Å². The monoisotopic (exact) mass is 379 g/mol. The molecule has 0 heterocycles. The lowest BCUT2D eigenvalue weighted by Crippen LogP contribution is -2.27. The number of alkyl halides is 3. The standard InChI is InChI=1S/C16H20F3NO4S/c1-9(13(21)22)25-8-10-7-11(16(17,18)19)5-6-12(10)20-14(23)24-15(2,3)4/h5-7,9H,8H2,1-4H3,(H,20,23)(H,21,22)/t9-/m1/s1. The lowest BCUT2D eigenvalue weighted by Gasteiger charge is -2.21. The maximum absolute atomic E-state index is 12.9. The van der Waals surface area contributed by atoms with E-state index in [-0.39, 0.29) is 17.0 Å². The van der Waals surface area contributed by atoms with E-state index in [0.717, 1.165) is 30.0 Å². The van der Waals surface area contributed by atoms with Gasteiger partial charge in [-0.1, -0.05) is 0 Å². The predicted octanol–water partition coefficient (Wildman–Crippen LogP) is 4.76. The third-order valence-corrected chi connectivity index (χ3v) is 4.08. The Morgan fingerprint density at radius 3 is 2.36 bits per heavy atom. The fourth-order valence-corrected chi connectivity index (χ4v) is 2.52. The average Bonchev–Trinajstić information content (AvgIpc) is 2.42. The number of carboxylic acids is 1. The second kappa shape index (κ2) is 7.99. The molecule has 0 saturated carbocycles. The molecule has 0 aromatic heterocycles. The van der Waals surface area contributed by atoms with Gasteiger partial charge in [0.05, 0.1) is 10.8 Å². The molecule has 9 heteroatoms. The van der Waals surface area contributed by atoms with Gasteiger partial charge in [0.2, 0.25) is 0 Å². The van der Waals surface area contributed by atoms with Gasteiger partial charge < -0.3 is 9.84 Å². The van der Waals surface area contributed by atoms with Crippen LogP contribution in [0.1, 0.15) is 38.8 Å². The molecule has 140 valence electrons. The zero-order valence-corrected chi connectivity index (χ0v) is 15.0. The van der Waals surface area contributed by atoms with E-state index in [0.29, 0.717) is 0 Å². The first-order valence-corrected chi connectivity index (χ1v) is 8.39. The molecular formula is C16H20F3NO4S. The molecule has 1 aromatic rings. The summed E-state index contributed by atoms with van der Waals surface area (Å²) in [5.74, 6) is -1.08. The van der Waals surface area contributed by atoms with Crippen molar-refractivity contribution >= 4 is 29.5 Å². The third-order valence-electron chi connectivity index (χ3n) is 2.90. The van der Waals surface area contributed by atoms with Crippen molar-refractivity contribution in [3.63, 3.8) is 0 Å². The lowest BCUT2D eigenvalue weighted by atomic mass is 10.1. The van der Waals surface area contributed by atoms with Gasteiger partial charge in [-0.15, -0.1) is 11.8 Å². The normalized spacial score (nSPS) is 13.2. The second-order valence-electron chi connectivity index (χ2n) is 6.29. The minimum atomic E-state index is -4.54. The summed E-state index contributed by atoms with van der Waals surface area (Å²) < 4.78 is 43.8. The number of carbonyl (C=O) groups is 2. The molecule has 0 saturated heterocycles. The summed E-state index contributed by atoms with van der Waals surface area (Å²) in [4.78, 5) is 22.7. The number of anilines is 1. The molecule has 25 heavy (non-hydrogen) atoms. The number of rotatable bonds is 5. The van der Waals surface area contributed by atoms with E-state index >= 15 is 0 Å². The number of hydrogen-bond donors (Lipinski definition) is 2. The van der Waals surface area contributed by atoms with Crippen LogP contribution in [0.3, 0.4) is 0 Å². The third kappa shape index (κ3) is 7.25. The molecule has 0 unspecified atom stereocenters. The van der Waals surface area contributed by atoms with E-state index in [1.807, 2.05) is 0 Å². The average molecular weight is 379 g/mol. The number of benzene rings is 1. The Morgan fingerprint density at radius 1 is 1.28 bits per heavy atom. The van der Waals surface area contributed by atoms with Crippen LogP contribution in [-0.4, -0.2) is 28.0 Å². The molecule has 1 aromatic carbocycles. The fraction of sp³-hybridized carbons (Fsp3) is 0.500. The van der Waals surface area contributed by atoms with Crippen molar-refractivity contribution in [3.8, 4) is 0 Å². The summed E-state index contributed by atoms with van der Waals surface area (Å²) in [6.07, 6.45) is -5.34. The van der Waals surface area contributed by atoms with Crippen LogP contribution in [0.25, 0.3) is 0 Å². The number of amides is 1. The highest BCUT2D eigenvalue weighted by Crippen LogP contribution is 2.34. The van der Waals surface area contributed by atoms with Gasteiger partial charge in [0.15, 0.2) is 0 Å². The molecule has 5 nitrogen and oxygen atoms in total. The highest BCUT2D eigenvalue weighted by molar-refractivity contribution is 7.99. The van der Waals surface area contributed by atoms with Gasteiger partial charge in [-0.05, 0) is 51.5 Å². The van der Waals surface area contributed by atoms with Crippen LogP contribution in [0.15, 0.2) is 18.2 Å². The van der Waals surface area contributed by atoms with Crippen LogP contribution >= 0.6 is 11.8 Å². The van der Waals surface area contributed by atoms with Crippen molar-refractivity contribution in [2.24, 2.45) is 0 Å². The highest BCUT2D eigenvalue weighted by Gasteiger charge is 2.31. The minimum Gasteiger partial charge on any atom is -0.480 e. The number of carbonyl (C=O) groups excluding carboxylic acids is 1. The molecule has 0 spiro atoms. The molecule has 1 atom stereocenters. The van der Waals surface area contributed by atoms with Crippen molar-refractivity contribution in [1.82, 2.24) is 0 Å². The maximum atomic E-state index is 12.9. The Labute approximate surface area is 147 Å². The predicted molar refractivity (Wildman–Crippen MR) is 89.7 cm³/mol. The van der Waals surface area contributed by atoms with Gasteiger partial charge in [0.25, 0.3) is 0 Å². The summed E-state index contributed by atoms with van der Waals surface area (Å²) in [6.45, 7) is 6.40. The van der Waals surface area contributed by atoms with Crippen LogP contribution in [0.5, 0.6) is 0 Å². The van der Waals surface area contributed by atoms with Crippen molar-refractivity contribution in [2.45, 2.75) is 50.5 Å². The van der Waals surface area contributed by atoms with Crippen LogP contribution < -0.4 is 5.32 Å². The van der Waals surface area contributed by atoms with Crippen molar-refractivity contribution in [1.29, 1.82) is 0 Å². The van der Waals surface area contributed by atoms with Crippen molar-refractivity contribution in [2.75, 3.05) is 5.32 Å². The van der Waals surface area contributed by atoms with E-state index in [2.05, 4.69) is 5.32 Å². The first-order valence-electron chi connectivity index (χ1n) is 7.34. The Morgan fingerprint density at radius 2 is 1.88 bits per heavy atom. The Kier molecular flexibility index (Phi) is 6.75. The number of hydrogen-bond acceptors (Lipinski definition) is 4. The van der Waals surface area contributed by atoms with E-state index in [1.165, 1.54) is 6.92 Å². The number of carboxylic acid groups (broad SMARTS) is 1. The summed E-state index contributed by atoms with van der Waals surface area (Å²) >= 11 is 0.952. The minimum absolute atomic E-state index is 0.0114. The van der Waals surface area contributed by atoms with Crippen molar-refractivity contribution < 1.29 is 32.6 Å². The van der Waals surface area contributed by atoms with E-state index in [9.17, 15) is 22.8 Å². The SMILES string of the molecule is C[C@@H](SCc1cc(C(F)(F)F)ccc1NC(=O)OC(C)(C)C)C(=O)O. The molecule has 0 bridgehead atoms. The van der Waals surface area contributed by atoms with Crippen molar-refractivity contribution in [3.05, 3.63) is 29.3 Å². The van der Waals surface area contributed by atoms with E-state index in [4.69, 9.17) is 9.84 Å². The van der Waals surface area contributed by atoms with E-state index in [1.54, 1.807) is 20.8 Å². The van der Waals surface area contributed by atoms with Gasteiger partial charge in [-0.2, -0.15) is 13.2 Å². The Hall–Kier alpha value is -1.90. The Balaban J connectivity index is 3.05. The van der Waals surface area contributed by atoms with Gasteiger partial charge in [0.1, 0.15) is 5.60 Å². The Bertz CT molecular complexity index is 641. The number of halogens is 3. The summed E-state index contributed by atoms with van der Waals surface area (Å²) in [5, 5.41) is 10.5. The maximum Gasteiger partial charge on any atom is 0.416 e. The largest absolute Gasteiger partial charge is 0.480 e. The van der Waals surface area contributed by atoms with Gasteiger partial charge in [-0.25, -0.2) is 4.79 Å². The first kappa shape index (κ1) is 21.1. The van der Waals surface area contributed by atoms with Gasteiger partial charge in [0, 0.05) is 11.4 Å². The number of nitrogens with one attached hydrogen (secondary N) is 1. The number of thioether (sulfide) groups is 1. The van der Waals surface area contributed by atoms with Gasteiger partial charge in [-0.3, -0.25) is 10.1 Å². The molecular weight excluding hydrogens is 359 g/mol.